The van der Waals surface area contributed by atoms with E-state index in [0.717, 1.165) is 48.7 Å². The zero-order valence-corrected chi connectivity index (χ0v) is 14.9. The van der Waals surface area contributed by atoms with Gasteiger partial charge in [0.2, 0.25) is 0 Å². The molecule has 0 spiro atoms. The van der Waals surface area contributed by atoms with Crippen LogP contribution >= 0.6 is 0 Å². The Labute approximate surface area is 151 Å². The predicted molar refractivity (Wildman–Crippen MR) is 98.2 cm³/mol. The zero-order chi connectivity index (χ0) is 18.1. The van der Waals surface area contributed by atoms with Crippen LogP contribution in [0.4, 0.5) is 5.82 Å². The fraction of sp³-hybridized carbons (Fsp3) is 0.368. The average molecular weight is 351 g/mol. The van der Waals surface area contributed by atoms with Crippen molar-refractivity contribution in [2.45, 2.75) is 18.8 Å². The third-order valence-corrected chi connectivity index (χ3v) is 4.65. The molecule has 0 bridgehead atoms. The molecule has 1 aliphatic rings. The van der Waals surface area contributed by atoms with E-state index in [1.165, 1.54) is 11.1 Å². The van der Waals surface area contributed by atoms with E-state index in [0.29, 0.717) is 5.69 Å². The number of hydrogen-bond acceptors (Lipinski definition) is 6. The molecule has 3 aromatic rings. The van der Waals surface area contributed by atoms with Crippen LogP contribution in [0.3, 0.4) is 0 Å². The van der Waals surface area contributed by atoms with Crippen LogP contribution in [0.5, 0.6) is 0 Å². The van der Waals surface area contributed by atoms with E-state index in [1.54, 1.807) is 20.3 Å². The first kappa shape index (κ1) is 16.5. The number of oxazole rings is 1. The minimum atomic E-state index is -0.146. The molecule has 0 radical (unpaired) electrons. The third-order valence-electron chi connectivity index (χ3n) is 4.65. The first-order valence-electron chi connectivity index (χ1n) is 8.76. The summed E-state index contributed by atoms with van der Waals surface area (Å²) in [5, 5.41) is 0. The highest BCUT2D eigenvalue weighted by molar-refractivity contribution is 5.91. The zero-order valence-electron chi connectivity index (χ0n) is 14.9. The maximum Gasteiger partial charge on any atom is 0.273 e. The molecule has 1 aliphatic heterocycles. The summed E-state index contributed by atoms with van der Waals surface area (Å²) in [5.74, 6) is 1.54. The first-order valence-corrected chi connectivity index (χ1v) is 8.76. The third kappa shape index (κ3) is 3.12. The van der Waals surface area contributed by atoms with E-state index in [1.807, 2.05) is 24.3 Å². The standard InChI is InChI=1S/C19H21N5O2/c1-23(2)19(25)15-10-20-11-17(21-15)24-9-5-6-13(12-24)18-22-14-7-3-4-8-16(14)26-18/h3-4,7-8,10-11,13H,5-6,9,12H2,1-2H3. The summed E-state index contributed by atoms with van der Waals surface area (Å²) in [6, 6.07) is 7.82. The number of amides is 1. The Hall–Kier alpha value is -2.96. The van der Waals surface area contributed by atoms with Crippen LogP contribution in [-0.4, -0.2) is 52.9 Å². The summed E-state index contributed by atoms with van der Waals surface area (Å²) >= 11 is 0. The molecule has 1 unspecified atom stereocenters. The predicted octanol–water partition coefficient (Wildman–Crippen LogP) is 2.70. The maximum atomic E-state index is 12.1. The van der Waals surface area contributed by atoms with E-state index in [4.69, 9.17) is 4.42 Å². The molecule has 4 rings (SSSR count). The van der Waals surface area contributed by atoms with Crippen molar-refractivity contribution >= 4 is 22.8 Å². The first-order chi connectivity index (χ1) is 12.6. The van der Waals surface area contributed by atoms with E-state index < -0.39 is 0 Å². The summed E-state index contributed by atoms with van der Waals surface area (Å²) < 4.78 is 5.95. The number of benzene rings is 1. The van der Waals surface area contributed by atoms with E-state index in [2.05, 4.69) is 19.9 Å². The van der Waals surface area contributed by atoms with Gasteiger partial charge >= 0.3 is 0 Å². The molecule has 0 N–H and O–H groups in total. The summed E-state index contributed by atoms with van der Waals surface area (Å²) in [6.07, 6.45) is 5.25. The second-order valence-corrected chi connectivity index (χ2v) is 6.77. The quantitative estimate of drug-likeness (QED) is 0.722. The van der Waals surface area contributed by atoms with Crippen molar-refractivity contribution in [3.05, 3.63) is 48.2 Å². The molecular weight excluding hydrogens is 330 g/mol. The van der Waals surface area contributed by atoms with E-state index >= 15 is 0 Å². The molecular formula is C19H21N5O2. The average Bonchev–Trinajstić information content (AvgIpc) is 3.12. The molecule has 3 heterocycles. The van der Waals surface area contributed by atoms with Crippen LogP contribution in [0.2, 0.25) is 0 Å². The fourth-order valence-corrected chi connectivity index (χ4v) is 3.29. The van der Waals surface area contributed by atoms with Gasteiger partial charge in [-0.2, -0.15) is 0 Å². The van der Waals surface area contributed by atoms with Crippen molar-refractivity contribution in [3.8, 4) is 0 Å². The van der Waals surface area contributed by atoms with Crippen molar-refractivity contribution in [2.75, 3.05) is 32.1 Å². The molecule has 1 saturated heterocycles. The van der Waals surface area contributed by atoms with Crippen LogP contribution < -0.4 is 4.90 Å². The molecule has 134 valence electrons. The lowest BCUT2D eigenvalue weighted by Crippen LogP contribution is -2.35. The van der Waals surface area contributed by atoms with Gasteiger partial charge in [-0.05, 0) is 25.0 Å². The second kappa shape index (κ2) is 6.74. The van der Waals surface area contributed by atoms with Crippen LogP contribution in [0.1, 0.15) is 35.1 Å². The summed E-state index contributed by atoms with van der Waals surface area (Å²) in [6.45, 7) is 1.63. The second-order valence-electron chi connectivity index (χ2n) is 6.77. The highest BCUT2D eigenvalue weighted by Gasteiger charge is 2.27. The molecule has 1 amide bonds. The molecule has 0 saturated carbocycles. The molecule has 1 aromatic carbocycles. The van der Waals surface area contributed by atoms with Gasteiger partial charge < -0.3 is 14.2 Å². The molecule has 1 fully saturated rings. The highest BCUT2D eigenvalue weighted by atomic mass is 16.3. The Bertz CT molecular complexity index is 903. The minimum absolute atomic E-state index is 0.146. The molecule has 7 heteroatoms. The van der Waals surface area contributed by atoms with Crippen LogP contribution in [0.25, 0.3) is 11.1 Å². The van der Waals surface area contributed by atoms with Gasteiger partial charge in [0.1, 0.15) is 17.0 Å². The van der Waals surface area contributed by atoms with Gasteiger partial charge in [-0.15, -0.1) is 0 Å². The Morgan fingerprint density at radius 1 is 1.23 bits per heavy atom. The lowest BCUT2D eigenvalue weighted by atomic mass is 9.98. The van der Waals surface area contributed by atoms with Crippen LogP contribution in [0, 0.1) is 0 Å². The smallest absolute Gasteiger partial charge is 0.273 e. The normalized spacial score (nSPS) is 17.5. The number of carbonyl (C=O) groups is 1. The van der Waals surface area contributed by atoms with Crippen LogP contribution in [0.15, 0.2) is 41.1 Å². The van der Waals surface area contributed by atoms with Crippen molar-refractivity contribution < 1.29 is 9.21 Å². The molecule has 26 heavy (non-hydrogen) atoms. The van der Waals surface area contributed by atoms with Crippen molar-refractivity contribution in [1.29, 1.82) is 0 Å². The van der Waals surface area contributed by atoms with E-state index in [-0.39, 0.29) is 11.8 Å². The number of rotatable bonds is 3. The number of carbonyl (C=O) groups excluding carboxylic acids is 1. The van der Waals surface area contributed by atoms with E-state index in [9.17, 15) is 4.79 Å². The number of nitrogens with zero attached hydrogens (tertiary/aromatic N) is 5. The minimum Gasteiger partial charge on any atom is -0.440 e. The van der Waals surface area contributed by atoms with Gasteiger partial charge in [-0.25, -0.2) is 9.97 Å². The van der Waals surface area contributed by atoms with Crippen molar-refractivity contribution in [2.24, 2.45) is 0 Å². The van der Waals surface area contributed by atoms with Crippen LogP contribution in [-0.2, 0) is 0 Å². The van der Waals surface area contributed by atoms with Gasteiger partial charge in [0.15, 0.2) is 11.5 Å². The van der Waals surface area contributed by atoms with Gasteiger partial charge in [0.25, 0.3) is 5.91 Å². The number of fused-ring (bicyclic) bond motifs is 1. The maximum absolute atomic E-state index is 12.1. The highest BCUT2D eigenvalue weighted by Crippen LogP contribution is 2.30. The molecule has 2 aromatic heterocycles. The molecule has 1 atom stereocenters. The SMILES string of the molecule is CN(C)C(=O)c1cncc(N2CCCC(c3nc4ccccc4o3)C2)n1. The summed E-state index contributed by atoms with van der Waals surface area (Å²) in [5.41, 5.74) is 2.06. The lowest BCUT2D eigenvalue weighted by molar-refractivity contribution is 0.0821. The number of para-hydroxylation sites is 2. The number of hydrogen-bond donors (Lipinski definition) is 0. The van der Waals surface area contributed by atoms with Crippen molar-refractivity contribution in [1.82, 2.24) is 19.9 Å². The molecule has 7 nitrogen and oxygen atoms in total. The van der Waals surface area contributed by atoms with Gasteiger partial charge in [0.05, 0.1) is 18.3 Å². The van der Waals surface area contributed by atoms with Gasteiger partial charge in [-0.1, -0.05) is 12.1 Å². The van der Waals surface area contributed by atoms with Crippen molar-refractivity contribution in [3.63, 3.8) is 0 Å². The fourth-order valence-electron chi connectivity index (χ4n) is 3.29. The summed E-state index contributed by atoms with van der Waals surface area (Å²) in [7, 11) is 3.42. The summed E-state index contributed by atoms with van der Waals surface area (Å²) in [4.78, 5) is 29.2. The largest absolute Gasteiger partial charge is 0.440 e. The monoisotopic (exact) mass is 351 g/mol. The van der Waals surface area contributed by atoms with Gasteiger partial charge in [0, 0.05) is 27.2 Å². The topological polar surface area (TPSA) is 75.4 Å². The Balaban J connectivity index is 1.57. The molecule has 0 aliphatic carbocycles. The number of anilines is 1. The number of piperidine rings is 1. The Kier molecular flexibility index (Phi) is 4.28. The number of aromatic nitrogens is 3. The lowest BCUT2D eigenvalue weighted by Gasteiger charge is -2.32. The Morgan fingerprint density at radius 3 is 2.88 bits per heavy atom. The Morgan fingerprint density at radius 2 is 2.08 bits per heavy atom. The van der Waals surface area contributed by atoms with Gasteiger partial charge in [-0.3, -0.25) is 9.78 Å².